The van der Waals surface area contributed by atoms with Gasteiger partial charge in [0, 0.05) is 23.1 Å². The number of nitrogens with zero attached hydrogens (tertiary/aromatic N) is 1. The van der Waals surface area contributed by atoms with Crippen LogP contribution in [0.1, 0.15) is 18.2 Å². The maximum Gasteiger partial charge on any atom is 0.129 e. The minimum atomic E-state index is -0.261. The van der Waals surface area contributed by atoms with Crippen molar-refractivity contribution in [3.05, 3.63) is 40.7 Å². The second-order valence-electron chi connectivity index (χ2n) is 3.72. The van der Waals surface area contributed by atoms with E-state index in [1.54, 1.807) is 6.07 Å². The van der Waals surface area contributed by atoms with E-state index < -0.39 is 0 Å². The predicted molar refractivity (Wildman–Crippen MR) is 72.4 cm³/mol. The van der Waals surface area contributed by atoms with Gasteiger partial charge in [0.15, 0.2) is 0 Å². The first-order chi connectivity index (χ1) is 8.74. The Morgan fingerprint density at radius 3 is 2.89 bits per heavy atom. The summed E-state index contributed by atoms with van der Waals surface area (Å²) >= 11 is 7.16. The van der Waals surface area contributed by atoms with Gasteiger partial charge < -0.3 is 4.74 Å². The largest absolute Gasteiger partial charge is 0.377 e. The quantitative estimate of drug-likeness (QED) is 0.767. The van der Waals surface area contributed by atoms with E-state index in [1.165, 1.54) is 17.4 Å². The van der Waals surface area contributed by atoms with Gasteiger partial charge in [-0.3, -0.25) is 0 Å². The van der Waals surface area contributed by atoms with Crippen LogP contribution in [-0.4, -0.2) is 11.6 Å². The summed E-state index contributed by atoms with van der Waals surface area (Å²) in [6.45, 7) is 2.76. The van der Waals surface area contributed by atoms with Crippen LogP contribution in [-0.2, 0) is 17.2 Å². The fraction of sp³-hybridized carbons (Fsp3) is 0.308. The highest BCUT2D eigenvalue weighted by atomic mass is 35.5. The average Bonchev–Trinajstić information content (AvgIpc) is 2.86. The molecule has 0 fully saturated rings. The molecule has 2 rings (SSSR count). The molecule has 0 radical (unpaired) electrons. The van der Waals surface area contributed by atoms with Crippen molar-refractivity contribution < 1.29 is 9.13 Å². The topological polar surface area (TPSA) is 22.1 Å². The van der Waals surface area contributed by atoms with E-state index in [-0.39, 0.29) is 5.82 Å². The van der Waals surface area contributed by atoms with Crippen molar-refractivity contribution >= 4 is 22.9 Å². The lowest BCUT2D eigenvalue weighted by molar-refractivity contribution is 0.131. The third kappa shape index (κ3) is 3.07. The zero-order valence-electron chi connectivity index (χ0n) is 9.95. The molecule has 2 aromatic rings. The molecule has 0 aliphatic heterocycles. The van der Waals surface area contributed by atoms with Crippen molar-refractivity contribution in [1.82, 2.24) is 4.98 Å². The van der Waals surface area contributed by atoms with Gasteiger partial charge in [-0.15, -0.1) is 22.9 Å². The van der Waals surface area contributed by atoms with Gasteiger partial charge in [0.05, 0.1) is 18.2 Å². The van der Waals surface area contributed by atoms with Crippen LogP contribution in [0.15, 0.2) is 23.6 Å². The number of hydrogen-bond donors (Lipinski definition) is 0. The Morgan fingerprint density at radius 2 is 2.28 bits per heavy atom. The Morgan fingerprint density at radius 1 is 1.44 bits per heavy atom. The number of rotatable bonds is 5. The molecule has 0 atom stereocenters. The molecule has 1 aromatic carbocycles. The normalized spacial score (nSPS) is 10.8. The molecule has 0 amide bonds. The molecule has 96 valence electrons. The van der Waals surface area contributed by atoms with Crippen LogP contribution in [0, 0.1) is 5.82 Å². The monoisotopic (exact) mass is 285 g/mol. The molecular weight excluding hydrogens is 273 g/mol. The Balaban J connectivity index is 2.22. The van der Waals surface area contributed by atoms with Crippen LogP contribution < -0.4 is 0 Å². The van der Waals surface area contributed by atoms with E-state index in [9.17, 15) is 4.39 Å². The number of aromatic nitrogens is 1. The van der Waals surface area contributed by atoms with Crippen LogP contribution in [0.3, 0.4) is 0 Å². The highest BCUT2D eigenvalue weighted by molar-refractivity contribution is 7.13. The van der Waals surface area contributed by atoms with Gasteiger partial charge in [0.1, 0.15) is 10.8 Å². The molecule has 0 saturated heterocycles. The lowest BCUT2D eigenvalue weighted by atomic mass is 10.1. The molecule has 1 heterocycles. The molecule has 0 bridgehead atoms. The highest BCUT2D eigenvalue weighted by Gasteiger charge is 2.08. The molecule has 0 unspecified atom stereocenters. The van der Waals surface area contributed by atoms with Crippen LogP contribution in [0.5, 0.6) is 0 Å². The summed E-state index contributed by atoms with van der Waals surface area (Å²) in [6.07, 6.45) is 0. The zero-order chi connectivity index (χ0) is 13.0. The fourth-order valence-electron chi connectivity index (χ4n) is 1.51. The van der Waals surface area contributed by atoms with Gasteiger partial charge in [-0.05, 0) is 13.0 Å². The molecule has 1 aromatic heterocycles. The molecule has 0 aliphatic rings. The molecule has 18 heavy (non-hydrogen) atoms. The third-order valence-electron chi connectivity index (χ3n) is 2.45. The Bertz CT molecular complexity index is 529. The lowest BCUT2D eigenvalue weighted by Crippen LogP contribution is -1.95. The number of alkyl halides is 1. The summed E-state index contributed by atoms with van der Waals surface area (Å²) in [4.78, 5) is 4.32. The summed E-state index contributed by atoms with van der Waals surface area (Å²) in [6, 6.07) is 5.08. The number of benzene rings is 1. The average molecular weight is 286 g/mol. The fourth-order valence-corrected chi connectivity index (χ4v) is 2.56. The summed E-state index contributed by atoms with van der Waals surface area (Å²) in [7, 11) is 0. The number of thiazole rings is 1. The van der Waals surface area contributed by atoms with Gasteiger partial charge in [0.2, 0.25) is 0 Å². The van der Waals surface area contributed by atoms with Crippen molar-refractivity contribution in [2.75, 3.05) is 6.61 Å². The molecule has 0 spiro atoms. The second kappa shape index (κ2) is 6.27. The summed E-state index contributed by atoms with van der Waals surface area (Å²) in [5, 5.41) is 2.67. The molecule has 5 heteroatoms. The number of ether oxygens (including phenoxy) is 1. The molecule has 0 aliphatic carbocycles. The third-order valence-corrected chi connectivity index (χ3v) is 3.66. The van der Waals surface area contributed by atoms with Crippen LogP contribution in [0.2, 0.25) is 0 Å². The smallest absolute Gasteiger partial charge is 0.129 e. The van der Waals surface area contributed by atoms with Crippen molar-refractivity contribution in [1.29, 1.82) is 0 Å². The van der Waals surface area contributed by atoms with Crippen molar-refractivity contribution in [2.24, 2.45) is 0 Å². The molecule has 0 N–H and O–H groups in total. The predicted octanol–water partition coefficient (Wildman–Crippen LogP) is 4.22. The first kappa shape index (κ1) is 13.5. The van der Waals surface area contributed by atoms with Gasteiger partial charge >= 0.3 is 0 Å². The number of hydrogen-bond acceptors (Lipinski definition) is 3. The standard InChI is InChI=1S/C13H13ClFNOS/c1-2-17-7-10-4-3-9(5-12(10)15)13-16-11(6-14)8-18-13/h3-5,8H,2,6-7H2,1H3. The van der Waals surface area contributed by atoms with E-state index in [4.69, 9.17) is 16.3 Å². The minimum absolute atomic E-state index is 0.261. The van der Waals surface area contributed by atoms with Gasteiger partial charge in [0.25, 0.3) is 0 Å². The van der Waals surface area contributed by atoms with E-state index in [0.29, 0.717) is 24.7 Å². The van der Waals surface area contributed by atoms with E-state index in [2.05, 4.69) is 4.98 Å². The van der Waals surface area contributed by atoms with E-state index >= 15 is 0 Å². The van der Waals surface area contributed by atoms with Gasteiger partial charge in [-0.25, -0.2) is 9.37 Å². The summed E-state index contributed by atoms with van der Waals surface area (Å²) in [5.74, 6) is 0.116. The first-order valence-electron chi connectivity index (χ1n) is 5.61. The molecule has 2 nitrogen and oxygen atoms in total. The summed E-state index contributed by atoms with van der Waals surface area (Å²) < 4.78 is 19.0. The van der Waals surface area contributed by atoms with Crippen LogP contribution in [0.25, 0.3) is 10.6 Å². The SMILES string of the molecule is CCOCc1ccc(-c2nc(CCl)cs2)cc1F. The number of halogens is 2. The Kier molecular flexibility index (Phi) is 4.69. The van der Waals surface area contributed by atoms with E-state index in [0.717, 1.165) is 16.3 Å². The van der Waals surface area contributed by atoms with Crippen molar-refractivity contribution in [3.63, 3.8) is 0 Å². The van der Waals surface area contributed by atoms with Crippen LogP contribution in [0.4, 0.5) is 4.39 Å². The van der Waals surface area contributed by atoms with Crippen molar-refractivity contribution in [3.8, 4) is 10.6 Å². The van der Waals surface area contributed by atoms with Crippen LogP contribution >= 0.6 is 22.9 Å². The molecule has 0 saturated carbocycles. The lowest BCUT2D eigenvalue weighted by Gasteiger charge is -2.04. The van der Waals surface area contributed by atoms with Gasteiger partial charge in [-0.2, -0.15) is 0 Å². The minimum Gasteiger partial charge on any atom is -0.377 e. The maximum absolute atomic E-state index is 13.8. The Labute approximate surface area is 114 Å². The van der Waals surface area contributed by atoms with Crippen molar-refractivity contribution in [2.45, 2.75) is 19.4 Å². The zero-order valence-corrected chi connectivity index (χ0v) is 11.5. The Hall–Kier alpha value is -0.970. The second-order valence-corrected chi connectivity index (χ2v) is 4.85. The van der Waals surface area contributed by atoms with E-state index in [1.807, 2.05) is 18.4 Å². The molecular formula is C13H13ClFNOS. The highest BCUT2D eigenvalue weighted by Crippen LogP contribution is 2.26. The maximum atomic E-state index is 13.8. The van der Waals surface area contributed by atoms with Gasteiger partial charge in [-0.1, -0.05) is 12.1 Å². The first-order valence-corrected chi connectivity index (χ1v) is 7.03. The summed E-state index contributed by atoms with van der Waals surface area (Å²) in [5.41, 5.74) is 2.15.